The summed E-state index contributed by atoms with van der Waals surface area (Å²) in [4.78, 5) is 1.98. The minimum Gasteiger partial charge on any atom is -0.494 e. The molecule has 0 saturated heterocycles. The number of hydrogen-bond acceptors (Lipinski definition) is 5. The minimum absolute atomic E-state index is 0.158. The average molecular weight is 335 g/mol. The van der Waals surface area contributed by atoms with Crippen LogP contribution in [0.25, 0.3) is 0 Å². The van der Waals surface area contributed by atoms with Crippen molar-refractivity contribution >= 4 is 27.1 Å². The van der Waals surface area contributed by atoms with Gasteiger partial charge in [-0.2, -0.15) is 0 Å². The first kappa shape index (κ1) is 17.0. The Morgan fingerprint density at radius 2 is 1.78 bits per heavy atom. The van der Waals surface area contributed by atoms with Crippen molar-refractivity contribution in [3.63, 3.8) is 0 Å². The SMILES string of the molecule is CCOc1ccc(NS(=O)(=O)c2ccc(N)cc2)c(N(C)C)c1. The van der Waals surface area contributed by atoms with Crippen LogP contribution in [0.4, 0.5) is 17.1 Å². The summed E-state index contributed by atoms with van der Waals surface area (Å²) >= 11 is 0. The third-order valence-electron chi connectivity index (χ3n) is 3.20. The first-order chi connectivity index (χ1) is 10.8. The van der Waals surface area contributed by atoms with Crippen molar-refractivity contribution < 1.29 is 13.2 Å². The smallest absolute Gasteiger partial charge is 0.261 e. The fourth-order valence-corrected chi connectivity index (χ4v) is 3.15. The van der Waals surface area contributed by atoms with Gasteiger partial charge < -0.3 is 15.4 Å². The van der Waals surface area contributed by atoms with Crippen LogP contribution in [0.15, 0.2) is 47.4 Å². The largest absolute Gasteiger partial charge is 0.494 e. The van der Waals surface area contributed by atoms with Crippen molar-refractivity contribution in [2.75, 3.05) is 36.1 Å². The van der Waals surface area contributed by atoms with Gasteiger partial charge in [0.2, 0.25) is 0 Å². The molecule has 6 nitrogen and oxygen atoms in total. The van der Waals surface area contributed by atoms with Crippen LogP contribution in [0.2, 0.25) is 0 Å². The Morgan fingerprint density at radius 1 is 1.13 bits per heavy atom. The second-order valence-electron chi connectivity index (χ2n) is 5.18. The van der Waals surface area contributed by atoms with Crippen LogP contribution in [0.3, 0.4) is 0 Å². The molecule has 0 amide bonds. The average Bonchev–Trinajstić information content (AvgIpc) is 2.49. The Bertz CT molecular complexity index is 772. The maximum absolute atomic E-state index is 12.5. The Balaban J connectivity index is 2.36. The Kier molecular flexibility index (Phi) is 5.00. The van der Waals surface area contributed by atoms with Crippen molar-refractivity contribution in [1.29, 1.82) is 0 Å². The topological polar surface area (TPSA) is 84.7 Å². The summed E-state index contributed by atoms with van der Waals surface area (Å²) < 4.78 is 33.1. The molecule has 0 fully saturated rings. The molecule has 0 spiro atoms. The number of anilines is 3. The monoisotopic (exact) mass is 335 g/mol. The highest BCUT2D eigenvalue weighted by molar-refractivity contribution is 7.92. The highest BCUT2D eigenvalue weighted by Gasteiger charge is 2.17. The van der Waals surface area contributed by atoms with Crippen molar-refractivity contribution in [3.8, 4) is 5.75 Å². The molecule has 7 heteroatoms. The van der Waals surface area contributed by atoms with Crippen LogP contribution < -0.4 is 20.1 Å². The van der Waals surface area contributed by atoms with E-state index in [-0.39, 0.29) is 4.90 Å². The molecule has 0 aromatic heterocycles. The zero-order chi connectivity index (χ0) is 17.0. The van der Waals surface area contributed by atoms with Gasteiger partial charge in [-0.1, -0.05) is 0 Å². The molecule has 124 valence electrons. The summed E-state index contributed by atoms with van der Waals surface area (Å²) in [6, 6.07) is 11.3. The van der Waals surface area contributed by atoms with E-state index >= 15 is 0 Å². The van der Waals surface area contributed by atoms with E-state index in [1.54, 1.807) is 30.3 Å². The maximum atomic E-state index is 12.5. The summed E-state index contributed by atoms with van der Waals surface area (Å²) in [7, 11) is -0.00557. The van der Waals surface area contributed by atoms with Crippen molar-refractivity contribution in [2.45, 2.75) is 11.8 Å². The molecule has 0 atom stereocenters. The van der Waals surface area contributed by atoms with Gasteiger partial charge in [0, 0.05) is 25.8 Å². The lowest BCUT2D eigenvalue weighted by atomic mass is 10.2. The molecule has 0 radical (unpaired) electrons. The molecule has 2 aromatic rings. The van der Waals surface area contributed by atoms with Crippen molar-refractivity contribution in [3.05, 3.63) is 42.5 Å². The van der Waals surface area contributed by atoms with E-state index in [1.807, 2.05) is 25.9 Å². The normalized spacial score (nSPS) is 11.1. The minimum atomic E-state index is -3.68. The molecule has 0 unspecified atom stereocenters. The number of benzene rings is 2. The molecular formula is C16H21N3O3S. The molecule has 0 aliphatic heterocycles. The lowest BCUT2D eigenvalue weighted by Crippen LogP contribution is -2.17. The summed E-state index contributed by atoms with van der Waals surface area (Å²) in [6.07, 6.45) is 0. The predicted octanol–water partition coefficient (Wildman–Crippen LogP) is 2.53. The number of nitrogens with two attached hydrogens (primary N) is 1. The molecule has 2 rings (SSSR count). The van der Waals surface area contributed by atoms with Crippen LogP contribution in [-0.4, -0.2) is 29.1 Å². The lowest BCUT2D eigenvalue weighted by Gasteiger charge is -2.20. The summed E-state index contributed by atoms with van der Waals surface area (Å²) in [5.41, 5.74) is 7.31. The van der Waals surface area contributed by atoms with Gasteiger partial charge >= 0.3 is 0 Å². The third-order valence-corrected chi connectivity index (χ3v) is 4.58. The van der Waals surface area contributed by atoms with Gasteiger partial charge in [-0.25, -0.2) is 8.42 Å². The van der Waals surface area contributed by atoms with E-state index in [1.165, 1.54) is 12.1 Å². The molecule has 0 saturated carbocycles. The molecule has 2 aromatic carbocycles. The zero-order valence-electron chi connectivity index (χ0n) is 13.4. The highest BCUT2D eigenvalue weighted by atomic mass is 32.2. The first-order valence-electron chi connectivity index (χ1n) is 7.16. The van der Waals surface area contributed by atoms with E-state index in [2.05, 4.69) is 4.72 Å². The van der Waals surface area contributed by atoms with Gasteiger partial charge in [-0.05, 0) is 43.3 Å². The predicted molar refractivity (Wildman–Crippen MR) is 93.6 cm³/mol. The van der Waals surface area contributed by atoms with E-state index < -0.39 is 10.0 Å². The molecule has 23 heavy (non-hydrogen) atoms. The van der Waals surface area contributed by atoms with Gasteiger partial charge in [-0.15, -0.1) is 0 Å². The third kappa shape index (κ3) is 4.07. The van der Waals surface area contributed by atoms with Crippen LogP contribution in [0.5, 0.6) is 5.75 Å². The second kappa shape index (κ2) is 6.78. The summed E-state index contributed by atoms with van der Waals surface area (Å²) in [5.74, 6) is 0.687. The van der Waals surface area contributed by atoms with E-state index in [9.17, 15) is 8.42 Å². The highest BCUT2D eigenvalue weighted by Crippen LogP contribution is 2.31. The van der Waals surface area contributed by atoms with Crippen LogP contribution >= 0.6 is 0 Å². The van der Waals surface area contributed by atoms with E-state index in [0.717, 1.165) is 5.69 Å². The van der Waals surface area contributed by atoms with Crippen molar-refractivity contribution in [1.82, 2.24) is 0 Å². The van der Waals surface area contributed by atoms with Crippen molar-refractivity contribution in [2.24, 2.45) is 0 Å². The Morgan fingerprint density at radius 3 is 2.35 bits per heavy atom. The molecular weight excluding hydrogens is 314 g/mol. The Labute approximate surface area is 136 Å². The fraction of sp³-hybridized carbons (Fsp3) is 0.250. The number of hydrogen-bond donors (Lipinski definition) is 2. The number of rotatable bonds is 6. The molecule has 0 heterocycles. The van der Waals surface area contributed by atoms with Gasteiger partial charge in [0.25, 0.3) is 10.0 Å². The van der Waals surface area contributed by atoms with Crippen LogP contribution in [0.1, 0.15) is 6.92 Å². The molecule has 0 aliphatic carbocycles. The fourth-order valence-electron chi connectivity index (χ4n) is 2.07. The number of nitrogens with one attached hydrogen (secondary N) is 1. The summed E-state index contributed by atoms with van der Waals surface area (Å²) in [5, 5.41) is 0. The van der Waals surface area contributed by atoms with E-state index in [0.29, 0.717) is 23.7 Å². The zero-order valence-corrected chi connectivity index (χ0v) is 14.2. The maximum Gasteiger partial charge on any atom is 0.261 e. The van der Waals surface area contributed by atoms with Gasteiger partial charge in [0.05, 0.1) is 22.9 Å². The molecule has 3 N–H and O–H groups in total. The molecule has 0 bridgehead atoms. The number of nitrogen functional groups attached to an aromatic ring is 1. The second-order valence-corrected chi connectivity index (χ2v) is 6.86. The lowest BCUT2D eigenvalue weighted by molar-refractivity contribution is 0.340. The first-order valence-corrected chi connectivity index (χ1v) is 8.64. The molecule has 0 aliphatic rings. The number of ether oxygens (including phenoxy) is 1. The Hall–Kier alpha value is -2.41. The van der Waals surface area contributed by atoms with Crippen LogP contribution in [-0.2, 0) is 10.0 Å². The standard InChI is InChI=1S/C16H21N3O3S/c1-4-22-13-7-10-15(16(11-13)19(2)3)18-23(20,21)14-8-5-12(17)6-9-14/h5-11,18H,4,17H2,1-3H3. The summed E-state index contributed by atoms with van der Waals surface area (Å²) in [6.45, 7) is 2.44. The van der Waals surface area contributed by atoms with Gasteiger partial charge in [0.15, 0.2) is 0 Å². The van der Waals surface area contributed by atoms with Gasteiger partial charge in [0.1, 0.15) is 5.75 Å². The van der Waals surface area contributed by atoms with Gasteiger partial charge in [-0.3, -0.25) is 4.72 Å². The number of nitrogens with zero attached hydrogens (tertiary/aromatic N) is 1. The quantitative estimate of drug-likeness (QED) is 0.793. The van der Waals surface area contributed by atoms with Crippen LogP contribution in [0, 0.1) is 0 Å². The number of sulfonamides is 1. The van der Waals surface area contributed by atoms with E-state index in [4.69, 9.17) is 10.5 Å².